The number of para-hydroxylation sites is 1. The maximum Gasteiger partial charge on any atom is 0.305 e. The Hall–Kier alpha value is -2.54. The largest absolute Gasteiger partial charge is 0.481 e. The maximum absolute atomic E-state index is 11.0. The van der Waals surface area contributed by atoms with Gasteiger partial charge in [-0.3, -0.25) is 4.79 Å². The minimum absolute atomic E-state index is 0.00951. The first-order chi connectivity index (χ1) is 12.4. The number of hydrogen-bond donors (Lipinski definition) is 5. The number of phenolic OH excluding ortho intramolecular Hbond substituents is 1. The number of amides is 1. The van der Waals surface area contributed by atoms with E-state index in [4.69, 9.17) is 13.3 Å². The number of nitrogens with one attached hydrogen (secondary N) is 1. The van der Waals surface area contributed by atoms with Crippen LogP contribution in [0.25, 0.3) is 11.1 Å². The Kier molecular flexibility index (Phi) is 7.84. The van der Waals surface area contributed by atoms with Crippen LogP contribution in [0.15, 0.2) is 42.5 Å². The number of carboxylic acids is 1. The number of aliphatic carboxylic acids is 1. The van der Waals surface area contributed by atoms with Gasteiger partial charge in [-0.25, -0.2) is 0 Å². The first-order valence-corrected chi connectivity index (χ1v) is 11.3. The van der Waals surface area contributed by atoms with E-state index >= 15 is 0 Å². The molecule has 0 aliphatic heterocycles. The number of fused-ring (bicyclic) bond motifs is 1. The molecule has 0 radical (unpaired) electrons. The molecule has 27 heavy (non-hydrogen) atoms. The normalized spacial score (nSPS) is 10.7. The second-order valence-corrected chi connectivity index (χ2v) is 9.27. The second kappa shape index (κ2) is 9.41. The summed E-state index contributed by atoms with van der Waals surface area (Å²) < 4.78 is 28.4. The van der Waals surface area contributed by atoms with E-state index in [1.54, 1.807) is 13.8 Å². The molecule has 0 bridgehead atoms. The van der Waals surface area contributed by atoms with Crippen molar-refractivity contribution in [1.29, 1.82) is 0 Å². The molecule has 0 spiro atoms. The van der Waals surface area contributed by atoms with Crippen LogP contribution in [0.2, 0.25) is 0 Å². The number of benzene rings is 2. The van der Waals surface area contributed by atoms with Crippen LogP contribution >= 0.6 is 0 Å². The van der Waals surface area contributed by atoms with Gasteiger partial charge in [-0.1, -0.05) is 32.0 Å². The molecule has 2 aliphatic rings. The van der Waals surface area contributed by atoms with Crippen molar-refractivity contribution < 1.29 is 31.7 Å². The number of rotatable bonds is 3. The summed E-state index contributed by atoms with van der Waals surface area (Å²) in [6.07, 6.45) is 0. The van der Waals surface area contributed by atoms with Crippen molar-refractivity contribution in [3.05, 3.63) is 42.5 Å². The van der Waals surface area contributed by atoms with Crippen molar-refractivity contribution >= 4 is 36.1 Å². The van der Waals surface area contributed by atoms with E-state index in [0.29, 0.717) is 0 Å². The fourth-order valence-electron chi connectivity index (χ4n) is 1.73. The fraction of sp³-hybridized carbons (Fsp3) is 0.222. The minimum Gasteiger partial charge on any atom is -0.481 e. The molecule has 0 saturated heterocycles. The van der Waals surface area contributed by atoms with E-state index in [2.05, 4.69) is 29.6 Å². The van der Waals surface area contributed by atoms with Crippen LogP contribution in [0.5, 0.6) is 5.75 Å². The Morgan fingerprint density at radius 3 is 1.81 bits per heavy atom. The van der Waals surface area contributed by atoms with Crippen molar-refractivity contribution in [3.8, 4) is 16.9 Å². The molecular weight excluding hydrogens is 417 g/mol. The van der Waals surface area contributed by atoms with Crippen LogP contribution in [-0.4, -0.2) is 44.5 Å². The van der Waals surface area contributed by atoms with E-state index in [0.717, 1.165) is 6.07 Å². The maximum atomic E-state index is 11.0. The van der Waals surface area contributed by atoms with Crippen LogP contribution in [0.1, 0.15) is 20.8 Å². The van der Waals surface area contributed by atoms with E-state index in [9.17, 15) is 18.4 Å². The first kappa shape index (κ1) is 22.5. The molecule has 0 saturated carbocycles. The zero-order valence-electron chi connectivity index (χ0n) is 15.1. The molecule has 0 atom stereocenters. The summed E-state index contributed by atoms with van der Waals surface area (Å²) in [5, 5.41) is 19.7. The average Bonchev–Trinajstić information content (AvgIpc) is 3.14. The van der Waals surface area contributed by atoms with E-state index in [-0.39, 0.29) is 11.6 Å². The Morgan fingerprint density at radius 2 is 1.52 bits per heavy atom. The van der Waals surface area contributed by atoms with E-state index in [1.165, 1.54) is 30.2 Å². The zero-order chi connectivity index (χ0) is 20.8. The topological polar surface area (TPSA) is 144 Å². The summed E-state index contributed by atoms with van der Waals surface area (Å²) in [6.45, 7) is 4.51. The Bertz CT molecular complexity index is 857. The molecule has 0 heterocycles. The molecule has 0 unspecified atom stereocenters. The van der Waals surface area contributed by atoms with Gasteiger partial charge in [0, 0.05) is 0 Å². The van der Waals surface area contributed by atoms with Crippen LogP contribution in [0, 0.1) is 5.92 Å². The summed E-state index contributed by atoms with van der Waals surface area (Å²) in [7, 11) is 0. The van der Waals surface area contributed by atoms with Crippen molar-refractivity contribution in [3.63, 3.8) is 0 Å². The standard InChI is InChI=1S/C8H10AsNO5.C6H4.C4H8O2/c1-5(11)10-7-4-2-3-6(8(7)12)9(13,14)15;1-2-5-4-6(5)3-1;1-3(2)4(5)6/h2-4,12H,1H3,(H,10,11)(H2,13,14,15);1-4H;3H,1-2H3,(H,5,6). The van der Waals surface area contributed by atoms with Gasteiger partial charge < -0.3 is 5.11 Å². The molecular formula is C18H22AsNO7. The van der Waals surface area contributed by atoms with Crippen molar-refractivity contribution in [1.82, 2.24) is 0 Å². The quantitative estimate of drug-likeness (QED) is 0.306. The average molecular weight is 439 g/mol. The number of aromatic hydroxyl groups is 1. The SMILES string of the molecule is CC(=O)Nc1cccc([As](=O)(O)O)c1O.CC(C)C(=O)O.c1cc2cc-2c1. The van der Waals surface area contributed by atoms with Gasteiger partial charge in [0.2, 0.25) is 0 Å². The van der Waals surface area contributed by atoms with E-state index in [1.807, 2.05) is 0 Å². The third-order valence-electron chi connectivity index (χ3n) is 3.25. The van der Waals surface area contributed by atoms with E-state index < -0.39 is 36.1 Å². The molecule has 1 aromatic carbocycles. The second-order valence-electron chi connectivity index (χ2n) is 5.97. The van der Waals surface area contributed by atoms with Crippen molar-refractivity contribution in [2.24, 2.45) is 5.92 Å². The summed E-state index contributed by atoms with van der Waals surface area (Å²) in [6, 6.07) is 12.3. The molecule has 9 heteroatoms. The number of anilines is 1. The number of hydrogen-bond acceptors (Lipinski definition) is 4. The van der Waals surface area contributed by atoms with Crippen molar-refractivity contribution in [2.45, 2.75) is 20.8 Å². The van der Waals surface area contributed by atoms with Crippen LogP contribution in [0.4, 0.5) is 5.69 Å². The van der Waals surface area contributed by atoms with Gasteiger partial charge >= 0.3 is 94.1 Å². The predicted octanol–water partition coefficient (Wildman–Crippen LogP) is 1.31. The van der Waals surface area contributed by atoms with Crippen LogP contribution < -0.4 is 9.67 Å². The van der Waals surface area contributed by atoms with Gasteiger partial charge in [-0.15, -0.1) is 0 Å². The summed E-state index contributed by atoms with van der Waals surface area (Å²) in [4.78, 5) is 20.4. The molecule has 5 N–H and O–H groups in total. The third kappa shape index (κ3) is 7.70. The molecule has 1 aromatic rings. The molecule has 0 fully saturated rings. The molecule has 3 rings (SSSR count). The van der Waals surface area contributed by atoms with Gasteiger partial charge in [-0.2, -0.15) is 0 Å². The van der Waals surface area contributed by atoms with Gasteiger partial charge in [0.15, 0.2) is 0 Å². The number of phenols is 1. The van der Waals surface area contributed by atoms with Gasteiger partial charge in [-0.05, 0) is 17.2 Å². The molecule has 8 nitrogen and oxygen atoms in total. The number of carbonyl (C=O) groups is 2. The summed E-state index contributed by atoms with van der Waals surface area (Å²) in [5.74, 6) is -1.99. The van der Waals surface area contributed by atoms with Crippen LogP contribution in [-0.2, 0) is 13.3 Å². The monoisotopic (exact) mass is 439 g/mol. The molecule has 0 aromatic heterocycles. The number of carboxylic acid groups (broad SMARTS) is 1. The summed E-state index contributed by atoms with van der Waals surface area (Å²) >= 11 is -5.15. The predicted molar refractivity (Wildman–Crippen MR) is 101 cm³/mol. The van der Waals surface area contributed by atoms with Gasteiger partial charge in [0.05, 0.1) is 5.92 Å². The molecule has 2 aliphatic carbocycles. The summed E-state index contributed by atoms with van der Waals surface area (Å²) in [5.41, 5.74) is 2.84. The smallest absolute Gasteiger partial charge is 0.305 e. The van der Waals surface area contributed by atoms with Gasteiger partial charge in [0.25, 0.3) is 0 Å². The number of carbonyl (C=O) groups excluding carboxylic acids is 1. The Labute approximate surface area is 159 Å². The van der Waals surface area contributed by atoms with Crippen LogP contribution in [0.3, 0.4) is 0 Å². The molecule has 146 valence electrons. The third-order valence-corrected chi connectivity index (χ3v) is 5.32. The fourth-order valence-corrected chi connectivity index (χ4v) is 3.15. The van der Waals surface area contributed by atoms with Gasteiger partial charge in [0.1, 0.15) is 0 Å². The Morgan fingerprint density at radius 1 is 1.04 bits per heavy atom. The van der Waals surface area contributed by atoms with Crippen molar-refractivity contribution in [2.75, 3.05) is 5.32 Å². The zero-order valence-corrected chi connectivity index (χ0v) is 17.0. The first-order valence-electron chi connectivity index (χ1n) is 7.92. The molecule has 1 amide bonds. The minimum atomic E-state index is -5.15. The Balaban J connectivity index is 0.000000246.